The van der Waals surface area contributed by atoms with E-state index < -0.39 is 0 Å². The average Bonchev–Trinajstić information content (AvgIpc) is 2.39. The maximum absolute atomic E-state index is 5.41. The fourth-order valence-corrected chi connectivity index (χ4v) is 1.73. The van der Waals surface area contributed by atoms with Gasteiger partial charge in [-0.05, 0) is 12.8 Å². The number of halogens is 1. The third-order valence-electron chi connectivity index (χ3n) is 2.82. The number of unbranched alkanes of at least 4 members (excludes halogenated alkanes) is 6. The van der Waals surface area contributed by atoms with Crippen molar-refractivity contribution in [2.45, 2.75) is 64.7 Å². The van der Waals surface area contributed by atoms with E-state index in [9.17, 15) is 0 Å². The summed E-state index contributed by atoms with van der Waals surface area (Å²) in [5.74, 6) is 0. The summed E-state index contributed by atoms with van der Waals surface area (Å²) in [5.41, 5.74) is 0. The van der Waals surface area contributed by atoms with E-state index in [1.807, 2.05) is 0 Å². The van der Waals surface area contributed by atoms with Crippen LogP contribution < -0.4 is 24.0 Å². The van der Waals surface area contributed by atoms with E-state index in [2.05, 4.69) is 26.0 Å². The Kier molecular flexibility index (Phi) is 32.8. The van der Waals surface area contributed by atoms with Gasteiger partial charge in [0.05, 0.1) is 6.61 Å². The van der Waals surface area contributed by atoms with E-state index in [-0.39, 0.29) is 47.0 Å². The van der Waals surface area contributed by atoms with Crippen LogP contribution in [0.3, 0.4) is 0 Å². The van der Waals surface area contributed by atoms with E-state index >= 15 is 0 Å². The average molecular weight is 407 g/mol. The Labute approximate surface area is 159 Å². The SMILES string of the molecule is [CH2-]C/C=C/CCOCOCCCCCCCCC.[I-].[Mg+2]. The third-order valence-corrected chi connectivity index (χ3v) is 2.82. The molecule has 0 N–H and O–H groups in total. The van der Waals surface area contributed by atoms with Gasteiger partial charge < -0.3 is 40.4 Å². The Morgan fingerprint density at radius 1 is 0.850 bits per heavy atom. The molecule has 20 heavy (non-hydrogen) atoms. The van der Waals surface area contributed by atoms with Gasteiger partial charge in [0.25, 0.3) is 0 Å². The van der Waals surface area contributed by atoms with Crippen LogP contribution >= 0.6 is 0 Å². The first-order chi connectivity index (χ1) is 8.91. The molecule has 0 fully saturated rings. The maximum Gasteiger partial charge on any atom is 2.00 e. The molecular weight excluding hydrogens is 375 g/mol. The number of rotatable bonds is 14. The minimum Gasteiger partial charge on any atom is -1.00 e. The largest absolute Gasteiger partial charge is 2.00 e. The summed E-state index contributed by atoms with van der Waals surface area (Å²) in [6.45, 7) is 8.00. The zero-order valence-corrected chi connectivity index (χ0v) is 16.8. The zero-order chi connectivity index (χ0) is 13.3. The molecule has 0 saturated heterocycles. The fourth-order valence-electron chi connectivity index (χ4n) is 1.73. The van der Waals surface area contributed by atoms with Gasteiger partial charge in [0.15, 0.2) is 0 Å². The van der Waals surface area contributed by atoms with Gasteiger partial charge in [0.1, 0.15) is 6.79 Å². The van der Waals surface area contributed by atoms with Crippen LogP contribution in [0.1, 0.15) is 64.7 Å². The van der Waals surface area contributed by atoms with Crippen LogP contribution in [0, 0.1) is 6.92 Å². The molecule has 0 bridgehead atoms. The third kappa shape index (κ3) is 24.2. The first-order valence-electron chi connectivity index (χ1n) is 7.51. The molecule has 2 nitrogen and oxygen atoms in total. The fraction of sp³-hybridized carbons (Fsp3) is 0.812. The Bertz CT molecular complexity index is 178. The second-order valence-electron chi connectivity index (χ2n) is 4.60. The van der Waals surface area contributed by atoms with Gasteiger partial charge in [-0.15, -0.1) is 6.08 Å². The molecule has 0 unspecified atom stereocenters. The van der Waals surface area contributed by atoms with Crippen LogP contribution in [-0.2, 0) is 9.47 Å². The zero-order valence-electron chi connectivity index (χ0n) is 13.2. The van der Waals surface area contributed by atoms with Gasteiger partial charge in [0, 0.05) is 6.61 Å². The summed E-state index contributed by atoms with van der Waals surface area (Å²) in [5, 5.41) is 0. The van der Waals surface area contributed by atoms with Gasteiger partial charge >= 0.3 is 23.1 Å². The van der Waals surface area contributed by atoms with Crippen LogP contribution in [0.25, 0.3) is 0 Å². The van der Waals surface area contributed by atoms with Crippen molar-refractivity contribution in [3.05, 3.63) is 19.1 Å². The molecule has 4 heteroatoms. The van der Waals surface area contributed by atoms with E-state index in [1.165, 1.54) is 38.5 Å². The molecule has 0 spiro atoms. The molecule has 0 aromatic rings. The summed E-state index contributed by atoms with van der Waals surface area (Å²) in [4.78, 5) is 0. The van der Waals surface area contributed by atoms with Crippen LogP contribution in [0.15, 0.2) is 12.2 Å². The van der Waals surface area contributed by atoms with E-state index in [0.29, 0.717) is 6.79 Å². The number of hydrogen-bond donors (Lipinski definition) is 0. The molecule has 0 aromatic carbocycles. The normalized spacial score (nSPS) is 10.3. The predicted octanol–water partition coefficient (Wildman–Crippen LogP) is 1.52. The smallest absolute Gasteiger partial charge is 1.00 e. The van der Waals surface area contributed by atoms with Gasteiger partial charge in [0.2, 0.25) is 0 Å². The first-order valence-corrected chi connectivity index (χ1v) is 7.51. The summed E-state index contributed by atoms with van der Waals surface area (Å²) < 4.78 is 10.8. The van der Waals surface area contributed by atoms with Crippen molar-refractivity contribution in [2.24, 2.45) is 0 Å². The molecule has 0 aliphatic heterocycles. The van der Waals surface area contributed by atoms with Crippen molar-refractivity contribution in [2.75, 3.05) is 20.0 Å². The van der Waals surface area contributed by atoms with Crippen molar-refractivity contribution in [1.29, 1.82) is 0 Å². The Morgan fingerprint density at radius 2 is 1.45 bits per heavy atom. The minimum absolute atomic E-state index is 0. The molecule has 0 amide bonds. The summed E-state index contributed by atoms with van der Waals surface area (Å²) in [7, 11) is 0. The van der Waals surface area contributed by atoms with E-state index in [1.54, 1.807) is 0 Å². The maximum atomic E-state index is 5.41. The van der Waals surface area contributed by atoms with Crippen LogP contribution in [0.4, 0.5) is 0 Å². The topological polar surface area (TPSA) is 18.5 Å². The second kappa shape index (κ2) is 25.1. The van der Waals surface area contributed by atoms with Crippen LogP contribution in [0.5, 0.6) is 0 Å². The summed E-state index contributed by atoms with van der Waals surface area (Å²) in [6, 6.07) is 0. The minimum atomic E-state index is 0. The summed E-state index contributed by atoms with van der Waals surface area (Å²) >= 11 is 0. The molecule has 0 saturated carbocycles. The Morgan fingerprint density at radius 3 is 2.10 bits per heavy atom. The molecule has 0 radical (unpaired) electrons. The quantitative estimate of drug-likeness (QED) is 0.109. The van der Waals surface area contributed by atoms with Crippen molar-refractivity contribution in [1.82, 2.24) is 0 Å². The van der Waals surface area contributed by atoms with Gasteiger partial charge in [-0.2, -0.15) is 6.42 Å². The first kappa shape index (κ1) is 26.1. The molecular formula is C16H31IMgO2. The van der Waals surface area contributed by atoms with Crippen molar-refractivity contribution >= 4 is 23.1 Å². The number of allylic oxidation sites excluding steroid dienone is 1. The van der Waals surface area contributed by atoms with Gasteiger partial charge in [-0.1, -0.05) is 51.5 Å². The van der Waals surface area contributed by atoms with Crippen molar-refractivity contribution < 1.29 is 33.5 Å². The van der Waals surface area contributed by atoms with E-state index in [0.717, 1.165) is 32.5 Å². The monoisotopic (exact) mass is 406 g/mol. The van der Waals surface area contributed by atoms with Crippen LogP contribution in [-0.4, -0.2) is 43.1 Å². The predicted molar refractivity (Wildman–Crippen MR) is 84.2 cm³/mol. The standard InChI is InChI=1S/C16H31O2.HI.Mg/c1-3-5-7-9-10-11-13-15-18-16-17-14-12-8-6-4-2;;/h6,8H,2-5,7,9-16H2,1H3;1H;/q-1;;+2/p-1/b8-6+;;. The molecule has 0 rings (SSSR count). The Balaban J connectivity index is -0.00000144. The van der Waals surface area contributed by atoms with Gasteiger partial charge in [-0.3, -0.25) is 0 Å². The van der Waals surface area contributed by atoms with Gasteiger partial charge in [-0.25, -0.2) is 0 Å². The van der Waals surface area contributed by atoms with Crippen LogP contribution in [0.2, 0.25) is 0 Å². The van der Waals surface area contributed by atoms with E-state index in [4.69, 9.17) is 9.47 Å². The van der Waals surface area contributed by atoms with Crippen molar-refractivity contribution in [3.8, 4) is 0 Å². The molecule has 116 valence electrons. The molecule has 0 aromatic heterocycles. The summed E-state index contributed by atoms with van der Waals surface area (Å²) in [6.07, 6.45) is 15.2. The molecule has 0 atom stereocenters. The van der Waals surface area contributed by atoms with Crippen molar-refractivity contribution in [3.63, 3.8) is 0 Å². The number of hydrogen-bond acceptors (Lipinski definition) is 2. The molecule has 0 aliphatic carbocycles. The Hall–Kier alpha value is 1.16. The number of ether oxygens (including phenoxy) is 2. The second-order valence-corrected chi connectivity index (χ2v) is 4.60. The molecule has 0 aliphatic rings. The molecule has 0 heterocycles.